The van der Waals surface area contributed by atoms with Gasteiger partial charge in [0.15, 0.2) is 11.5 Å². The van der Waals surface area contributed by atoms with Gasteiger partial charge in [-0.05, 0) is 54.8 Å². The predicted octanol–water partition coefficient (Wildman–Crippen LogP) is 4.66. The van der Waals surface area contributed by atoms with Crippen molar-refractivity contribution in [1.82, 2.24) is 10.3 Å². The Morgan fingerprint density at radius 1 is 0.778 bits per heavy atom. The van der Waals surface area contributed by atoms with Crippen LogP contribution in [0.2, 0.25) is 0 Å². The van der Waals surface area contributed by atoms with Gasteiger partial charge in [0, 0.05) is 25.5 Å². The van der Waals surface area contributed by atoms with E-state index in [0.717, 1.165) is 35.7 Å². The molecule has 1 aromatic heterocycles. The SMILES string of the molecule is CCOc1cc(CNCc2ccncc2)ccc1OCc1ccc(C)cc1. The normalized spacial score (nSPS) is 10.6. The summed E-state index contributed by atoms with van der Waals surface area (Å²) in [6.07, 6.45) is 3.62. The Hall–Kier alpha value is -2.85. The minimum absolute atomic E-state index is 0.528. The van der Waals surface area contributed by atoms with Gasteiger partial charge in [0.1, 0.15) is 6.61 Å². The summed E-state index contributed by atoms with van der Waals surface area (Å²) < 4.78 is 11.8. The van der Waals surface area contributed by atoms with E-state index in [1.54, 1.807) is 0 Å². The van der Waals surface area contributed by atoms with E-state index in [1.807, 2.05) is 43.6 Å². The molecule has 0 aliphatic heterocycles. The molecule has 1 heterocycles. The summed E-state index contributed by atoms with van der Waals surface area (Å²) in [4.78, 5) is 4.04. The van der Waals surface area contributed by atoms with E-state index in [2.05, 4.69) is 47.6 Å². The summed E-state index contributed by atoms with van der Waals surface area (Å²) in [7, 11) is 0. The molecule has 0 amide bonds. The highest BCUT2D eigenvalue weighted by Gasteiger charge is 2.07. The van der Waals surface area contributed by atoms with Crippen molar-refractivity contribution in [3.63, 3.8) is 0 Å². The number of ether oxygens (including phenoxy) is 2. The van der Waals surface area contributed by atoms with Gasteiger partial charge in [-0.25, -0.2) is 0 Å². The lowest BCUT2D eigenvalue weighted by Gasteiger charge is -2.14. The molecular formula is C23H26N2O2. The van der Waals surface area contributed by atoms with Gasteiger partial charge < -0.3 is 14.8 Å². The van der Waals surface area contributed by atoms with E-state index in [0.29, 0.717) is 13.2 Å². The van der Waals surface area contributed by atoms with E-state index in [-0.39, 0.29) is 0 Å². The van der Waals surface area contributed by atoms with Crippen LogP contribution in [0.1, 0.15) is 29.2 Å². The third kappa shape index (κ3) is 5.83. The van der Waals surface area contributed by atoms with Crippen molar-refractivity contribution in [1.29, 1.82) is 0 Å². The van der Waals surface area contributed by atoms with Gasteiger partial charge in [-0.2, -0.15) is 0 Å². The Kier molecular flexibility index (Phi) is 6.83. The second kappa shape index (κ2) is 9.74. The molecule has 3 rings (SSSR count). The molecule has 0 unspecified atom stereocenters. The smallest absolute Gasteiger partial charge is 0.161 e. The summed E-state index contributed by atoms with van der Waals surface area (Å²) in [5.74, 6) is 1.56. The van der Waals surface area contributed by atoms with Crippen LogP contribution in [-0.2, 0) is 19.7 Å². The fraction of sp³-hybridized carbons (Fsp3) is 0.261. The Morgan fingerprint density at radius 2 is 1.48 bits per heavy atom. The summed E-state index contributed by atoms with van der Waals surface area (Å²) in [5.41, 5.74) is 4.77. The van der Waals surface area contributed by atoms with Crippen LogP contribution in [0.5, 0.6) is 11.5 Å². The molecule has 0 aliphatic rings. The summed E-state index contributed by atoms with van der Waals surface area (Å²) in [6.45, 7) is 6.77. The maximum absolute atomic E-state index is 5.99. The van der Waals surface area contributed by atoms with Crippen LogP contribution >= 0.6 is 0 Å². The fourth-order valence-corrected chi connectivity index (χ4v) is 2.75. The van der Waals surface area contributed by atoms with Gasteiger partial charge in [-0.1, -0.05) is 35.9 Å². The van der Waals surface area contributed by atoms with E-state index in [4.69, 9.17) is 9.47 Å². The topological polar surface area (TPSA) is 43.4 Å². The molecule has 0 radical (unpaired) electrons. The number of pyridine rings is 1. The van der Waals surface area contributed by atoms with Crippen molar-refractivity contribution in [2.24, 2.45) is 0 Å². The van der Waals surface area contributed by atoms with Crippen molar-refractivity contribution in [3.05, 3.63) is 89.2 Å². The van der Waals surface area contributed by atoms with E-state index < -0.39 is 0 Å². The largest absolute Gasteiger partial charge is 0.490 e. The van der Waals surface area contributed by atoms with Gasteiger partial charge in [0.2, 0.25) is 0 Å². The second-order valence-electron chi connectivity index (χ2n) is 6.45. The number of rotatable bonds is 9. The van der Waals surface area contributed by atoms with Gasteiger partial charge in [0.05, 0.1) is 6.61 Å². The number of hydrogen-bond acceptors (Lipinski definition) is 4. The monoisotopic (exact) mass is 362 g/mol. The molecule has 2 aromatic carbocycles. The zero-order chi connectivity index (χ0) is 18.9. The molecular weight excluding hydrogens is 336 g/mol. The Balaban J connectivity index is 1.60. The highest BCUT2D eigenvalue weighted by Crippen LogP contribution is 2.29. The molecule has 3 aromatic rings. The number of benzene rings is 2. The number of hydrogen-bond donors (Lipinski definition) is 1. The molecule has 4 heteroatoms. The maximum Gasteiger partial charge on any atom is 0.161 e. The molecule has 4 nitrogen and oxygen atoms in total. The lowest BCUT2D eigenvalue weighted by Crippen LogP contribution is -2.13. The second-order valence-corrected chi connectivity index (χ2v) is 6.45. The van der Waals surface area contributed by atoms with Crippen LogP contribution in [-0.4, -0.2) is 11.6 Å². The first-order valence-corrected chi connectivity index (χ1v) is 9.28. The lowest BCUT2D eigenvalue weighted by atomic mass is 10.1. The number of aryl methyl sites for hydroxylation is 1. The van der Waals surface area contributed by atoms with Crippen LogP contribution in [0, 0.1) is 6.92 Å². The summed E-state index contributed by atoms with van der Waals surface area (Å²) in [5, 5.41) is 3.45. The minimum Gasteiger partial charge on any atom is -0.490 e. The molecule has 0 bridgehead atoms. The fourth-order valence-electron chi connectivity index (χ4n) is 2.75. The molecule has 0 saturated carbocycles. The van der Waals surface area contributed by atoms with Crippen LogP contribution in [0.25, 0.3) is 0 Å². The number of nitrogens with zero attached hydrogens (tertiary/aromatic N) is 1. The molecule has 1 N–H and O–H groups in total. The first-order valence-electron chi connectivity index (χ1n) is 9.28. The van der Waals surface area contributed by atoms with Crippen molar-refractivity contribution in [3.8, 4) is 11.5 Å². The first-order chi connectivity index (χ1) is 13.2. The molecule has 0 saturated heterocycles. The molecule has 0 spiro atoms. The third-order valence-electron chi connectivity index (χ3n) is 4.23. The predicted molar refractivity (Wildman–Crippen MR) is 108 cm³/mol. The van der Waals surface area contributed by atoms with Crippen molar-refractivity contribution in [2.75, 3.05) is 6.61 Å². The summed E-state index contributed by atoms with van der Waals surface area (Å²) >= 11 is 0. The van der Waals surface area contributed by atoms with Crippen molar-refractivity contribution in [2.45, 2.75) is 33.5 Å². The quantitative estimate of drug-likeness (QED) is 0.601. The van der Waals surface area contributed by atoms with Crippen LogP contribution in [0.15, 0.2) is 67.0 Å². The summed E-state index contributed by atoms with van der Waals surface area (Å²) in [6, 6.07) is 18.5. The Labute approximate surface area is 161 Å². The zero-order valence-corrected chi connectivity index (χ0v) is 15.9. The zero-order valence-electron chi connectivity index (χ0n) is 15.9. The molecule has 0 atom stereocenters. The Bertz CT molecular complexity index is 833. The lowest BCUT2D eigenvalue weighted by molar-refractivity contribution is 0.269. The van der Waals surface area contributed by atoms with Gasteiger partial charge in [-0.15, -0.1) is 0 Å². The highest BCUT2D eigenvalue weighted by molar-refractivity contribution is 5.43. The standard InChI is InChI=1S/C23H26N2O2/c1-3-26-23-14-21(16-25-15-19-10-12-24-13-11-19)8-9-22(23)27-17-20-6-4-18(2)5-7-20/h4-14,25H,3,15-17H2,1-2H3. The van der Waals surface area contributed by atoms with E-state index >= 15 is 0 Å². The average molecular weight is 362 g/mol. The van der Waals surface area contributed by atoms with Gasteiger partial charge in [-0.3, -0.25) is 4.98 Å². The van der Waals surface area contributed by atoms with Crippen LogP contribution in [0.3, 0.4) is 0 Å². The highest BCUT2D eigenvalue weighted by atomic mass is 16.5. The van der Waals surface area contributed by atoms with Crippen molar-refractivity contribution >= 4 is 0 Å². The van der Waals surface area contributed by atoms with Crippen LogP contribution in [0.4, 0.5) is 0 Å². The van der Waals surface area contributed by atoms with Crippen LogP contribution < -0.4 is 14.8 Å². The first kappa shape index (κ1) is 18.9. The average Bonchev–Trinajstić information content (AvgIpc) is 2.70. The van der Waals surface area contributed by atoms with E-state index in [1.165, 1.54) is 11.1 Å². The van der Waals surface area contributed by atoms with E-state index in [9.17, 15) is 0 Å². The number of nitrogens with one attached hydrogen (secondary N) is 1. The third-order valence-corrected chi connectivity index (χ3v) is 4.23. The minimum atomic E-state index is 0.528. The van der Waals surface area contributed by atoms with Gasteiger partial charge in [0.25, 0.3) is 0 Å². The molecule has 0 fully saturated rings. The van der Waals surface area contributed by atoms with Gasteiger partial charge >= 0.3 is 0 Å². The maximum atomic E-state index is 5.99. The molecule has 27 heavy (non-hydrogen) atoms. The molecule has 0 aliphatic carbocycles. The van der Waals surface area contributed by atoms with Crippen molar-refractivity contribution < 1.29 is 9.47 Å². The Morgan fingerprint density at radius 3 is 2.22 bits per heavy atom. The molecule has 140 valence electrons. The number of aromatic nitrogens is 1.